The lowest BCUT2D eigenvalue weighted by Gasteiger charge is -2.24. The van der Waals surface area contributed by atoms with E-state index < -0.39 is 0 Å². The van der Waals surface area contributed by atoms with Crippen molar-refractivity contribution in [2.75, 3.05) is 0 Å². The van der Waals surface area contributed by atoms with Crippen molar-refractivity contribution in [3.63, 3.8) is 0 Å². The Kier molecular flexibility index (Phi) is 8.56. The zero-order valence-corrected chi connectivity index (χ0v) is 40.2. The van der Waals surface area contributed by atoms with Gasteiger partial charge in [-0.2, -0.15) is 9.97 Å². The summed E-state index contributed by atoms with van der Waals surface area (Å²) in [6.45, 7) is 7.08. The highest BCUT2D eigenvalue weighted by Gasteiger charge is 2.38. The molecule has 2 aliphatic rings. The molecule has 13 aromatic rings. The lowest BCUT2D eigenvalue weighted by molar-refractivity contribution is 0.510. The molecule has 0 fully saturated rings. The maximum absolute atomic E-state index is 5.53. The van der Waals surface area contributed by atoms with Gasteiger partial charge in [0.1, 0.15) is 0 Å². The second-order valence-corrected chi connectivity index (χ2v) is 21.0. The molecule has 71 heavy (non-hydrogen) atoms. The summed E-state index contributed by atoms with van der Waals surface area (Å²) in [5.41, 5.74) is 13.9. The lowest BCUT2D eigenvalue weighted by Crippen LogP contribution is -2.15. The molecule has 0 amide bonds. The van der Waals surface area contributed by atoms with E-state index in [1.165, 1.54) is 80.6 Å². The third-order valence-electron chi connectivity index (χ3n) is 15.6. The van der Waals surface area contributed by atoms with Crippen LogP contribution in [-0.2, 0) is 5.41 Å². The van der Waals surface area contributed by atoms with Gasteiger partial charge in [0.25, 0.3) is 0 Å². The molecule has 0 radical (unpaired) electrons. The van der Waals surface area contributed by atoms with Gasteiger partial charge >= 0.3 is 0 Å². The summed E-state index contributed by atoms with van der Waals surface area (Å²) in [5.74, 6) is 2.26. The van der Waals surface area contributed by atoms with Crippen LogP contribution in [0.3, 0.4) is 0 Å². The highest BCUT2D eigenvalue weighted by atomic mass is 32.1. The Morgan fingerprint density at radius 2 is 1.14 bits per heavy atom. The standard InChI is InChI=1S/C65H45N5S/c1-38-16-7-12-25-54(38)69-55-26-13-10-21-44(55)50-34-41(29-32-56(50)69)42-30-33-57-51(35-42)52-36-49-46-31-28-39-17-8-9-20-43(39)60(46)65(2,3)53(49)37-58(52)70(57)64-67-62(40-18-5-4-6-19-40)66-63(68-64)48-24-15-23-47-45-22-11-14-27-59(45)71-61(47)48/h4-38,54H,1-3H3. The first-order chi connectivity index (χ1) is 34.9. The van der Waals surface area contributed by atoms with Crippen molar-refractivity contribution < 1.29 is 0 Å². The minimum absolute atomic E-state index is 0.238. The lowest BCUT2D eigenvalue weighted by atomic mass is 9.80. The van der Waals surface area contributed by atoms with Crippen molar-refractivity contribution in [2.24, 2.45) is 5.92 Å². The fourth-order valence-electron chi connectivity index (χ4n) is 12.3. The van der Waals surface area contributed by atoms with Gasteiger partial charge in [0.05, 0.1) is 17.1 Å². The molecule has 9 aromatic carbocycles. The number of benzene rings is 9. The summed E-state index contributed by atoms with van der Waals surface area (Å²) < 4.78 is 7.25. The molecule has 15 rings (SSSR count). The number of rotatable bonds is 5. The molecule has 2 unspecified atom stereocenters. The Labute approximate surface area is 414 Å². The van der Waals surface area contributed by atoms with Gasteiger partial charge in [0.2, 0.25) is 5.95 Å². The maximum Gasteiger partial charge on any atom is 0.238 e. The largest absolute Gasteiger partial charge is 0.333 e. The first kappa shape index (κ1) is 40.4. The second kappa shape index (κ2) is 15.0. The average Bonchev–Trinajstić information content (AvgIpc) is 4.13. The van der Waals surface area contributed by atoms with Gasteiger partial charge in [-0.15, -0.1) is 11.3 Å². The quantitative estimate of drug-likeness (QED) is 0.173. The van der Waals surface area contributed by atoms with Crippen molar-refractivity contribution in [1.29, 1.82) is 0 Å². The molecule has 5 nitrogen and oxygen atoms in total. The van der Waals surface area contributed by atoms with Crippen LogP contribution in [0.2, 0.25) is 0 Å². The van der Waals surface area contributed by atoms with Crippen LogP contribution in [0.5, 0.6) is 0 Å². The number of hydrogen-bond acceptors (Lipinski definition) is 4. The number of nitrogens with zero attached hydrogens (tertiary/aromatic N) is 5. The van der Waals surface area contributed by atoms with Crippen LogP contribution in [0.4, 0.5) is 0 Å². The molecular formula is C65H45N5S. The minimum atomic E-state index is -0.265. The second-order valence-electron chi connectivity index (χ2n) is 20.0. The van der Waals surface area contributed by atoms with Crippen LogP contribution in [0, 0.1) is 5.92 Å². The predicted molar refractivity (Wildman–Crippen MR) is 298 cm³/mol. The predicted octanol–water partition coefficient (Wildman–Crippen LogP) is 17.2. The molecular weight excluding hydrogens is 883 g/mol. The zero-order chi connectivity index (χ0) is 47.1. The van der Waals surface area contributed by atoms with Crippen LogP contribution < -0.4 is 0 Å². The molecule has 0 saturated heterocycles. The van der Waals surface area contributed by atoms with E-state index in [0.29, 0.717) is 23.5 Å². The molecule has 0 bridgehead atoms. The first-order valence-corrected chi connectivity index (χ1v) is 25.4. The van der Waals surface area contributed by atoms with E-state index >= 15 is 0 Å². The van der Waals surface area contributed by atoms with Gasteiger partial charge in [0.15, 0.2) is 11.6 Å². The summed E-state index contributed by atoms with van der Waals surface area (Å²) in [5, 5.41) is 9.87. The molecule has 336 valence electrons. The highest BCUT2D eigenvalue weighted by molar-refractivity contribution is 7.26. The summed E-state index contributed by atoms with van der Waals surface area (Å²) >= 11 is 1.80. The van der Waals surface area contributed by atoms with Crippen LogP contribution in [0.25, 0.3) is 126 Å². The van der Waals surface area contributed by atoms with Gasteiger partial charge in [-0.25, -0.2) is 4.98 Å². The number of aromatic nitrogens is 5. The summed E-state index contributed by atoms with van der Waals surface area (Å²) in [7, 11) is 0. The third kappa shape index (κ3) is 5.89. The van der Waals surface area contributed by atoms with Crippen molar-refractivity contribution in [3.8, 4) is 51.0 Å². The molecule has 0 spiro atoms. The Bertz CT molecular complexity index is 4470. The van der Waals surface area contributed by atoms with Gasteiger partial charge in [-0.05, 0) is 105 Å². The number of thiophene rings is 1. The van der Waals surface area contributed by atoms with Gasteiger partial charge in [-0.3, -0.25) is 4.57 Å². The number of allylic oxidation sites excluding steroid dienone is 4. The Morgan fingerprint density at radius 3 is 1.99 bits per heavy atom. The van der Waals surface area contributed by atoms with Crippen LogP contribution in [-0.4, -0.2) is 24.1 Å². The van der Waals surface area contributed by atoms with Crippen molar-refractivity contribution in [1.82, 2.24) is 24.1 Å². The molecule has 0 aliphatic heterocycles. The number of fused-ring (bicyclic) bond motifs is 14. The van der Waals surface area contributed by atoms with Crippen LogP contribution in [0.1, 0.15) is 37.9 Å². The van der Waals surface area contributed by atoms with E-state index in [-0.39, 0.29) is 11.5 Å². The Balaban J connectivity index is 0.996. The van der Waals surface area contributed by atoms with E-state index in [0.717, 1.165) is 38.5 Å². The van der Waals surface area contributed by atoms with Crippen molar-refractivity contribution >= 4 is 85.9 Å². The van der Waals surface area contributed by atoms with E-state index in [4.69, 9.17) is 15.0 Å². The zero-order valence-electron chi connectivity index (χ0n) is 39.4. The molecule has 0 saturated carbocycles. The van der Waals surface area contributed by atoms with E-state index in [1.54, 1.807) is 11.3 Å². The molecule has 2 aliphatic carbocycles. The SMILES string of the molecule is CC1C=CC=CC1n1c2ccccc2c2cc(-c3ccc4c(c3)c3cc5c(cc3n4-c3nc(-c4ccccc4)nc(-c4cccc6c4sc4ccccc46)n3)C(C)(C)c3c-5ccc4ccccc34)ccc21. The summed E-state index contributed by atoms with van der Waals surface area (Å²) in [4.78, 5) is 16.3. The molecule has 0 N–H and O–H groups in total. The monoisotopic (exact) mass is 927 g/mol. The van der Waals surface area contributed by atoms with Crippen LogP contribution in [0.15, 0.2) is 206 Å². The number of hydrogen-bond donors (Lipinski definition) is 0. The summed E-state index contributed by atoms with van der Waals surface area (Å²) in [6, 6.07) is 67.0. The summed E-state index contributed by atoms with van der Waals surface area (Å²) in [6.07, 6.45) is 9.02. The highest BCUT2D eigenvalue weighted by Crippen LogP contribution is 2.54. The molecule has 2 atom stereocenters. The fraction of sp³-hybridized carbons (Fsp3) is 0.0923. The fourth-order valence-corrected chi connectivity index (χ4v) is 13.5. The van der Waals surface area contributed by atoms with Gasteiger partial charge in [-0.1, -0.05) is 172 Å². The van der Waals surface area contributed by atoms with Crippen LogP contribution >= 0.6 is 11.3 Å². The van der Waals surface area contributed by atoms with Crippen molar-refractivity contribution in [3.05, 3.63) is 217 Å². The minimum Gasteiger partial charge on any atom is -0.333 e. The molecule has 6 heteroatoms. The van der Waals surface area contributed by atoms with Crippen molar-refractivity contribution in [2.45, 2.75) is 32.2 Å². The van der Waals surface area contributed by atoms with Gasteiger partial charge < -0.3 is 4.57 Å². The normalized spacial score (nSPS) is 16.1. The number of para-hydroxylation sites is 1. The maximum atomic E-state index is 5.53. The average molecular weight is 928 g/mol. The Hall–Kier alpha value is -8.45. The first-order valence-electron chi connectivity index (χ1n) is 24.6. The van der Waals surface area contributed by atoms with E-state index in [9.17, 15) is 0 Å². The van der Waals surface area contributed by atoms with Gasteiger partial charge in [0, 0.05) is 69.3 Å². The topological polar surface area (TPSA) is 48.5 Å². The molecule has 4 aromatic heterocycles. The van der Waals surface area contributed by atoms with E-state index in [1.807, 2.05) is 6.07 Å². The smallest absolute Gasteiger partial charge is 0.238 e. The van der Waals surface area contributed by atoms with E-state index in [2.05, 4.69) is 230 Å². The molecule has 4 heterocycles. The third-order valence-corrected chi connectivity index (χ3v) is 16.9. The Morgan fingerprint density at radius 1 is 0.465 bits per heavy atom.